The largest absolute Gasteiger partial charge is 0.396 e. The van der Waals surface area contributed by atoms with Crippen LogP contribution >= 0.6 is 0 Å². The first-order chi connectivity index (χ1) is 6.34. The molecule has 1 aliphatic heterocycles. The third-order valence-electron chi connectivity index (χ3n) is 3.94. The number of rotatable bonds is 1. The van der Waals surface area contributed by atoms with Gasteiger partial charge in [-0.25, -0.2) is 0 Å². The molecule has 3 heteroatoms. The maximum absolute atomic E-state index is 9.08. The highest BCUT2D eigenvalue weighted by molar-refractivity contribution is 5.04. The molecule has 0 bridgehead atoms. The zero-order chi connectivity index (χ0) is 8.89. The molecule has 3 aliphatic rings. The first-order valence-corrected chi connectivity index (χ1v) is 5.23. The summed E-state index contributed by atoms with van der Waals surface area (Å²) in [6, 6.07) is 0. The van der Waals surface area contributed by atoms with Crippen LogP contribution in [0.2, 0.25) is 0 Å². The van der Waals surface area contributed by atoms with E-state index in [1.165, 1.54) is 6.42 Å². The van der Waals surface area contributed by atoms with Gasteiger partial charge in [-0.3, -0.25) is 0 Å². The zero-order valence-electron chi connectivity index (χ0n) is 7.74. The van der Waals surface area contributed by atoms with Gasteiger partial charge in [0.1, 0.15) is 0 Å². The summed E-state index contributed by atoms with van der Waals surface area (Å²) in [4.78, 5) is 0. The Kier molecular flexibility index (Phi) is 1.70. The van der Waals surface area contributed by atoms with E-state index in [-0.39, 0.29) is 5.79 Å². The van der Waals surface area contributed by atoms with E-state index < -0.39 is 0 Å². The average molecular weight is 184 g/mol. The second-order valence-electron chi connectivity index (χ2n) is 4.60. The van der Waals surface area contributed by atoms with Gasteiger partial charge in [0.25, 0.3) is 0 Å². The Morgan fingerprint density at radius 1 is 1.23 bits per heavy atom. The fraction of sp³-hybridized carbons (Fsp3) is 1.00. The molecule has 1 N–H and O–H groups in total. The molecule has 0 radical (unpaired) electrons. The summed E-state index contributed by atoms with van der Waals surface area (Å²) in [7, 11) is 0. The number of aliphatic hydroxyl groups is 1. The highest BCUT2D eigenvalue weighted by Crippen LogP contribution is 2.58. The van der Waals surface area contributed by atoms with Gasteiger partial charge in [-0.1, -0.05) is 0 Å². The van der Waals surface area contributed by atoms with Crippen LogP contribution in [0.3, 0.4) is 0 Å². The van der Waals surface area contributed by atoms with Crippen molar-refractivity contribution in [1.29, 1.82) is 0 Å². The van der Waals surface area contributed by atoms with Crippen LogP contribution < -0.4 is 0 Å². The lowest BCUT2D eigenvalue weighted by atomic mass is 9.70. The van der Waals surface area contributed by atoms with Crippen molar-refractivity contribution in [1.82, 2.24) is 0 Å². The van der Waals surface area contributed by atoms with Crippen LogP contribution in [0.25, 0.3) is 0 Å². The fourth-order valence-electron chi connectivity index (χ4n) is 3.31. The van der Waals surface area contributed by atoms with Gasteiger partial charge in [0.05, 0.1) is 13.2 Å². The Morgan fingerprint density at radius 2 is 2.00 bits per heavy atom. The predicted octanol–water partition coefficient (Wildman–Crippen LogP) is 0.768. The third kappa shape index (κ3) is 1.01. The van der Waals surface area contributed by atoms with Crippen molar-refractivity contribution in [2.45, 2.75) is 25.0 Å². The molecule has 0 aromatic carbocycles. The minimum Gasteiger partial charge on any atom is -0.396 e. The molecular weight excluding hydrogens is 168 g/mol. The van der Waals surface area contributed by atoms with Gasteiger partial charge in [0.15, 0.2) is 5.79 Å². The van der Waals surface area contributed by atoms with Crippen LogP contribution in [-0.2, 0) is 9.47 Å². The van der Waals surface area contributed by atoms with E-state index in [0.717, 1.165) is 32.0 Å². The molecule has 13 heavy (non-hydrogen) atoms. The molecule has 1 spiro atoms. The Balaban J connectivity index is 1.72. The average Bonchev–Trinajstić information content (AvgIpc) is 2.69. The first-order valence-electron chi connectivity index (χ1n) is 5.23. The fourth-order valence-corrected chi connectivity index (χ4v) is 3.31. The molecule has 3 rings (SSSR count). The molecule has 0 amide bonds. The summed E-state index contributed by atoms with van der Waals surface area (Å²) in [5.41, 5.74) is 0. The molecule has 3 fully saturated rings. The normalized spacial score (nSPS) is 46.4. The van der Waals surface area contributed by atoms with E-state index in [0.29, 0.717) is 18.4 Å². The van der Waals surface area contributed by atoms with Crippen LogP contribution in [0, 0.1) is 17.8 Å². The molecule has 2 unspecified atom stereocenters. The van der Waals surface area contributed by atoms with E-state index in [1.807, 2.05) is 0 Å². The van der Waals surface area contributed by atoms with E-state index >= 15 is 0 Å². The number of aliphatic hydroxyl groups excluding tert-OH is 1. The number of hydrogen-bond donors (Lipinski definition) is 1. The molecule has 2 saturated carbocycles. The maximum atomic E-state index is 9.08. The van der Waals surface area contributed by atoms with Gasteiger partial charge < -0.3 is 14.6 Å². The standard InChI is InChI=1S/C10H16O3/c11-6-7-3-8-5-10(9(8)4-7)12-1-2-13-10/h7-9,11H,1-6H2/t7?,8-,9?/m1/s1. The number of hydrogen-bond acceptors (Lipinski definition) is 3. The van der Waals surface area contributed by atoms with Gasteiger partial charge in [-0.2, -0.15) is 0 Å². The lowest BCUT2D eigenvalue weighted by Crippen LogP contribution is -2.52. The highest BCUT2D eigenvalue weighted by atomic mass is 16.7. The molecule has 74 valence electrons. The molecule has 1 saturated heterocycles. The van der Waals surface area contributed by atoms with E-state index in [9.17, 15) is 0 Å². The number of ether oxygens (including phenoxy) is 2. The molecule has 2 aliphatic carbocycles. The van der Waals surface area contributed by atoms with Gasteiger partial charge in [0.2, 0.25) is 0 Å². The van der Waals surface area contributed by atoms with Crippen LogP contribution in [0.4, 0.5) is 0 Å². The van der Waals surface area contributed by atoms with E-state index in [4.69, 9.17) is 14.6 Å². The van der Waals surface area contributed by atoms with Crippen molar-refractivity contribution in [3.63, 3.8) is 0 Å². The summed E-state index contributed by atoms with van der Waals surface area (Å²) in [5.74, 6) is 1.62. The Morgan fingerprint density at radius 3 is 2.69 bits per heavy atom. The second-order valence-corrected chi connectivity index (χ2v) is 4.60. The highest BCUT2D eigenvalue weighted by Gasteiger charge is 2.61. The first kappa shape index (κ1) is 8.21. The predicted molar refractivity (Wildman–Crippen MR) is 46.0 cm³/mol. The maximum Gasteiger partial charge on any atom is 0.171 e. The summed E-state index contributed by atoms with van der Waals surface area (Å²) < 4.78 is 11.4. The smallest absolute Gasteiger partial charge is 0.171 e. The Bertz CT molecular complexity index is 210. The lowest BCUT2D eigenvalue weighted by molar-refractivity contribution is -0.267. The monoisotopic (exact) mass is 184 g/mol. The molecule has 0 aromatic rings. The lowest BCUT2D eigenvalue weighted by Gasteiger charge is -2.47. The van der Waals surface area contributed by atoms with Crippen LogP contribution in [0.15, 0.2) is 0 Å². The number of fused-ring (bicyclic) bond motifs is 2. The Hall–Kier alpha value is -0.120. The van der Waals surface area contributed by atoms with Crippen LogP contribution in [0.5, 0.6) is 0 Å². The quantitative estimate of drug-likeness (QED) is 0.654. The van der Waals surface area contributed by atoms with Crippen molar-refractivity contribution in [3.8, 4) is 0 Å². The zero-order valence-corrected chi connectivity index (χ0v) is 7.74. The second kappa shape index (κ2) is 2.69. The van der Waals surface area contributed by atoms with Gasteiger partial charge >= 0.3 is 0 Å². The SMILES string of the molecule is OCC1CC2[C@H](C1)CC21OCCO1. The third-order valence-corrected chi connectivity index (χ3v) is 3.94. The minimum atomic E-state index is -0.214. The summed E-state index contributed by atoms with van der Waals surface area (Å²) >= 11 is 0. The van der Waals surface area contributed by atoms with Crippen LogP contribution in [-0.4, -0.2) is 30.7 Å². The Labute approximate surface area is 78.0 Å². The molecule has 0 aromatic heterocycles. The molecule has 3 atom stereocenters. The van der Waals surface area contributed by atoms with Gasteiger partial charge in [0, 0.05) is 18.9 Å². The molecule has 1 heterocycles. The van der Waals surface area contributed by atoms with Gasteiger partial charge in [-0.05, 0) is 24.7 Å². The van der Waals surface area contributed by atoms with Gasteiger partial charge in [-0.15, -0.1) is 0 Å². The van der Waals surface area contributed by atoms with Crippen molar-refractivity contribution < 1.29 is 14.6 Å². The van der Waals surface area contributed by atoms with Crippen molar-refractivity contribution in [2.75, 3.05) is 19.8 Å². The topological polar surface area (TPSA) is 38.7 Å². The molecule has 3 nitrogen and oxygen atoms in total. The van der Waals surface area contributed by atoms with E-state index in [2.05, 4.69) is 0 Å². The van der Waals surface area contributed by atoms with E-state index in [1.54, 1.807) is 0 Å². The molecular formula is C10H16O3. The van der Waals surface area contributed by atoms with Crippen molar-refractivity contribution >= 4 is 0 Å². The van der Waals surface area contributed by atoms with Crippen LogP contribution in [0.1, 0.15) is 19.3 Å². The van der Waals surface area contributed by atoms with Crippen molar-refractivity contribution in [2.24, 2.45) is 17.8 Å². The summed E-state index contributed by atoms with van der Waals surface area (Å²) in [5, 5.41) is 9.08. The minimum absolute atomic E-state index is 0.214. The summed E-state index contributed by atoms with van der Waals surface area (Å²) in [6.07, 6.45) is 3.34. The van der Waals surface area contributed by atoms with Crippen molar-refractivity contribution in [3.05, 3.63) is 0 Å². The summed E-state index contributed by atoms with van der Waals surface area (Å²) in [6.45, 7) is 1.85.